The summed E-state index contributed by atoms with van der Waals surface area (Å²) >= 11 is 0. The van der Waals surface area contributed by atoms with E-state index in [0.29, 0.717) is 0 Å². The van der Waals surface area contributed by atoms with Gasteiger partial charge in [-0.3, -0.25) is 4.79 Å². The highest BCUT2D eigenvalue weighted by molar-refractivity contribution is 5.81. The predicted molar refractivity (Wildman–Crippen MR) is 64.8 cm³/mol. The van der Waals surface area contributed by atoms with E-state index in [0.717, 1.165) is 25.9 Å². The molecule has 0 aromatic rings. The monoisotopic (exact) mass is 214 g/mol. The van der Waals surface area contributed by atoms with E-state index in [1.807, 2.05) is 6.92 Å². The third-order valence-corrected chi connectivity index (χ3v) is 2.79. The number of rotatable bonds is 7. The van der Waals surface area contributed by atoms with Crippen LogP contribution in [0.4, 0.5) is 0 Å². The Bertz CT molecular complexity index is 190. The van der Waals surface area contributed by atoms with Crippen LogP contribution in [0.15, 0.2) is 0 Å². The molecule has 0 rings (SSSR count). The van der Waals surface area contributed by atoms with Crippen molar-refractivity contribution >= 4 is 5.91 Å². The van der Waals surface area contributed by atoms with Crippen LogP contribution in [0.5, 0.6) is 0 Å². The first-order chi connectivity index (χ1) is 6.93. The quantitative estimate of drug-likeness (QED) is 0.680. The van der Waals surface area contributed by atoms with Crippen molar-refractivity contribution in [3.05, 3.63) is 0 Å². The molecular formula is C12H26N2O. The first kappa shape index (κ1) is 14.4. The van der Waals surface area contributed by atoms with Crippen LogP contribution in [0.2, 0.25) is 0 Å². The van der Waals surface area contributed by atoms with Gasteiger partial charge < -0.3 is 10.6 Å². The minimum atomic E-state index is -0.0950. The molecule has 1 amide bonds. The molecule has 0 spiro atoms. The lowest BCUT2D eigenvalue weighted by atomic mass is 9.90. The molecule has 0 bridgehead atoms. The van der Waals surface area contributed by atoms with Gasteiger partial charge in [0.15, 0.2) is 0 Å². The number of hydrogen-bond acceptors (Lipinski definition) is 2. The van der Waals surface area contributed by atoms with Crippen molar-refractivity contribution in [1.82, 2.24) is 10.6 Å². The Morgan fingerprint density at radius 2 is 1.93 bits per heavy atom. The van der Waals surface area contributed by atoms with Gasteiger partial charge in [0.25, 0.3) is 0 Å². The molecular weight excluding hydrogens is 188 g/mol. The SMILES string of the molecule is CCCNC(=O)C(C)NCC(C)(C)CC. The molecule has 0 saturated heterocycles. The number of hydrogen-bond donors (Lipinski definition) is 2. The topological polar surface area (TPSA) is 41.1 Å². The largest absolute Gasteiger partial charge is 0.355 e. The van der Waals surface area contributed by atoms with Crippen LogP contribution >= 0.6 is 0 Å². The maximum Gasteiger partial charge on any atom is 0.236 e. The van der Waals surface area contributed by atoms with Crippen LogP contribution < -0.4 is 10.6 Å². The van der Waals surface area contributed by atoms with Gasteiger partial charge in [0.05, 0.1) is 6.04 Å². The minimum absolute atomic E-state index is 0.0950. The summed E-state index contributed by atoms with van der Waals surface area (Å²) in [6.07, 6.45) is 2.10. The molecule has 0 radical (unpaired) electrons. The Kier molecular flexibility index (Phi) is 6.57. The summed E-state index contributed by atoms with van der Waals surface area (Å²) in [6, 6.07) is -0.0950. The molecule has 0 aromatic heterocycles. The van der Waals surface area contributed by atoms with E-state index in [1.54, 1.807) is 0 Å². The first-order valence-electron chi connectivity index (χ1n) is 5.94. The molecule has 0 saturated carbocycles. The van der Waals surface area contributed by atoms with Crippen LogP contribution in [0.3, 0.4) is 0 Å². The average Bonchev–Trinajstić information content (AvgIpc) is 2.22. The summed E-state index contributed by atoms with van der Waals surface area (Å²) in [4.78, 5) is 11.5. The van der Waals surface area contributed by atoms with Gasteiger partial charge in [0.2, 0.25) is 5.91 Å². The summed E-state index contributed by atoms with van der Waals surface area (Å²) < 4.78 is 0. The number of amides is 1. The maximum atomic E-state index is 11.5. The van der Waals surface area contributed by atoms with Crippen molar-refractivity contribution < 1.29 is 4.79 Å². The Morgan fingerprint density at radius 3 is 2.40 bits per heavy atom. The standard InChI is InChI=1S/C12H26N2O/c1-6-8-13-11(15)10(3)14-9-12(4,5)7-2/h10,14H,6-9H2,1-5H3,(H,13,15). The average molecular weight is 214 g/mol. The highest BCUT2D eigenvalue weighted by Crippen LogP contribution is 2.17. The normalized spacial score (nSPS) is 13.7. The first-order valence-corrected chi connectivity index (χ1v) is 5.94. The van der Waals surface area contributed by atoms with Gasteiger partial charge in [-0.2, -0.15) is 0 Å². The number of nitrogens with one attached hydrogen (secondary N) is 2. The van der Waals surface area contributed by atoms with Gasteiger partial charge in [-0.1, -0.05) is 27.7 Å². The molecule has 0 fully saturated rings. The molecule has 15 heavy (non-hydrogen) atoms. The molecule has 1 unspecified atom stereocenters. The maximum absolute atomic E-state index is 11.5. The molecule has 3 heteroatoms. The van der Waals surface area contributed by atoms with Crippen LogP contribution in [0.1, 0.15) is 47.5 Å². The molecule has 0 aliphatic carbocycles. The van der Waals surface area contributed by atoms with Crippen molar-refractivity contribution in [1.29, 1.82) is 0 Å². The molecule has 2 N–H and O–H groups in total. The highest BCUT2D eigenvalue weighted by Gasteiger charge is 2.18. The van der Waals surface area contributed by atoms with Crippen molar-refractivity contribution in [2.45, 2.75) is 53.5 Å². The second-order valence-corrected chi connectivity index (χ2v) is 4.91. The summed E-state index contributed by atoms with van der Waals surface area (Å²) in [6.45, 7) is 12.2. The lowest BCUT2D eigenvalue weighted by molar-refractivity contribution is -0.122. The van der Waals surface area contributed by atoms with Gasteiger partial charge in [-0.25, -0.2) is 0 Å². The molecule has 0 aliphatic heterocycles. The Hall–Kier alpha value is -0.570. The summed E-state index contributed by atoms with van der Waals surface area (Å²) in [5.41, 5.74) is 0.263. The third kappa shape index (κ3) is 6.50. The van der Waals surface area contributed by atoms with Crippen molar-refractivity contribution in [3.8, 4) is 0 Å². The van der Waals surface area contributed by atoms with Crippen molar-refractivity contribution in [2.24, 2.45) is 5.41 Å². The van der Waals surface area contributed by atoms with Gasteiger partial charge in [-0.05, 0) is 25.2 Å². The number of carbonyl (C=O) groups is 1. The van der Waals surface area contributed by atoms with Gasteiger partial charge in [0.1, 0.15) is 0 Å². The fraction of sp³-hybridized carbons (Fsp3) is 0.917. The molecule has 3 nitrogen and oxygen atoms in total. The van der Waals surface area contributed by atoms with Crippen molar-refractivity contribution in [2.75, 3.05) is 13.1 Å². The zero-order chi connectivity index (χ0) is 11.9. The minimum Gasteiger partial charge on any atom is -0.355 e. The van der Waals surface area contributed by atoms with E-state index in [-0.39, 0.29) is 17.4 Å². The number of carbonyl (C=O) groups excluding carboxylic acids is 1. The van der Waals surface area contributed by atoms with E-state index < -0.39 is 0 Å². The summed E-state index contributed by atoms with van der Waals surface area (Å²) in [5, 5.41) is 6.16. The summed E-state index contributed by atoms with van der Waals surface area (Å²) in [7, 11) is 0. The molecule has 0 heterocycles. The van der Waals surface area contributed by atoms with E-state index >= 15 is 0 Å². The second-order valence-electron chi connectivity index (χ2n) is 4.91. The van der Waals surface area contributed by atoms with E-state index in [2.05, 4.69) is 38.3 Å². The smallest absolute Gasteiger partial charge is 0.236 e. The van der Waals surface area contributed by atoms with Crippen LogP contribution in [0, 0.1) is 5.41 Å². The molecule has 90 valence electrons. The lowest BCUT2D eigenvalue weighted by Crippen LogP contribution is -2.45. The fourth-order valence-corrected chi connectivity index (χ4v) is 1.05. The Labute approximate surface area is 94.0 Å². The van der Waals surface area contributed by atoms with Gasteiger partial charge in [-0.15, -0.1) is 0 Å². The third-order valence-electron chi connectivity index (χ3n) is 2.79. The predicted octanol–water partition coefficient (Wildman–Crippen LogP) is 1.93. The van der Waals surface area contributed by atoms with Crippen LogP contribution in [0.25, 0.3) is 0 Å². The van der Waals surface area contributed by atoms with Gasteiger partial charge in [0, 0.05) is 13.1 Å². The van der Waals surface area contributed by atoms with E-state index in [9.17, 15) is 4.79 Å². The summed E-state index contributed by atoms with van der Waals surface area (Å²) in [5.74, 6) is 0.101. The second kappa shape index (κ2) is 6.83. The molecule has 1 atom stereocenters. The highest BCUT2D eigenvalue weighted by atomic mass is 16.2. The Morgan fingerprint density at radius 1 is 1.33 bits per heavy atom. The van der Waals surface area contributed by atoms with Crippen molar-refractivity contribution in [3.63, 3.8) is 0 Å². The fourth-order valence-electron chi connectivity index (χ4n) is 1.05. The van der Waals surface area contributed by atoms with E-state index in [1.165, 1.54) is 0 Å². The van der Waals surface area contributed by atoms with Crippen LogP contribution in [-0.4, -0.2) is 25.0 Å². The van der Waals surface area contributed by atoms with Gasteiger partial charge >= 0.3 is 0 Å². The molecule has 0 aromatic carbocycles. The van der Waals surface area contributed by atoms with E-state index in [4.69, 9.17) is 0 Å². The van der Waals surface area contributed by atoms with Crippen LogP contribution in [-0.2, 0) is 4.79 Å². The zero-order valence-corrected chi connectivity index (χ0v) is 10.8. The zero-order valence-electron chi connectivity index (χ0n) is 10.8. The molecule has 0 aliphatic rings. The Balaban J connectivity index is 3.82. The lowest BCUT2D eigenvalue weighted by Gasteiger charge is -2.25.